The molecular formula is C44H49F2N11O6. The fourth-order valence-electron chi connectivity index (χ4n) is 9.49. The minimum Gasteiger partial charge on any atom is -0.374 e. The van der Waals surface area contributed by atoms with Crippen molar-refractivity contribution in [2.24, 2.45) is 13.0 Å². The number of likely N-dealkylation sites (tertiary alicyclic amines) is 1. The summed E-state index contributed by atoms with van der Waals surface area (Å²) < 4.78 is 82.4. The van der Waals surface area contributed by atoms with E-state index in [9.17, 15) is 28.0 Å². The Hall–Kier alpha value is -5.97. The predicted molar refractivity (Wildman–Crippen MR) is 226 cm³/mol. The summed E-state index contributed by atoms with van der Waals surface area (Å²) in [6, 6.07) is 5.55. The molecule has 3 atom stereocenters. The van der Waals surface area contributed by atoms with Gasteiger partial charge in [0, 0.05) is 57.5 Å². The van der Waals surface area contributed by atoms with Crippen LogP contribution in [0.4, 0.5) is 20.3 Å². The van der Waals surface area contributed by atoms with E-state index in [4.69, 9.17) is 19.9 Å². The van der Waals surface area contributed by atoms with E-state index in [2.05, 4.69) is 37.6 Å². The Bertz CT molecular complexity index is 2880. The van der Waals surface area contributed by atoms with E-state index in [1.165, 1.54) is 26.0 Å². The normalized spacial score (nSPS) is 26.9. The van der Waals surface area contributed by atoms with Crippen LogP contribution in [-0.2, 0) is 26.1 Å². The van der Waals surface area contributed by atoms with Crippen molar-refractivity contribution in [1.29, 1.82) is 0 Å². The van der Waals surface area contributed by atoms with Crippen LogP contribution in [0.3, 0.4) is 0 Å². The van der Waals surface area contributed by atoms with Gasteiger partial charge in [-0.1, -0.05) is 17.9 Å². The topological polar surface area (TPSA) is 175 Å². The summed E-state index contributed by atoms with van der Waals surface area (Å²) in [6.07, 6.45) is -0.833. The fraction of sp³-hybridized carbons (Fsp3) is 0.523. The lowest BCUT2D eigenvalue weighted by Crippen LogP contribution is -2.44. The number of imidazole rings is 1. The largest absolute Gasteiger partial charge is 0.374 e. The Morgan fingerprint density at radius 2 is 1.94 bits per heavy atom. The summed E-state index contributed by atoms with van der Waals surface area (Å²) in [6.45, 7) is 2.60. The molecule has 330 valence electrons. The summed E-state index contributed by atoms with van der Waals surface area (Å²) in [4.78, 5) is 60.1. The molecule has 17 nitrogen and oxygen atoms in total. The van der Waals surface area contributed by atoms with Gasteiger partial charge in [-0.25, -0.2) is 23.1 Å². The number of nitrogens with zero attached hydrogens (tertiary/aromatic N) is 9. The first kappa shape index (κ1) is 36.5. The van der Waals surface area contributed by atoms with Gasteiger partial charge in [0.2, 0.25) is 11.8 Å². The lowest BCUT2D eigenvalue weighted by Gasteiger charge is -2.36. The fourth-order valence-corrected chi connectivity index (χ4v) is 9.49. The number of imide groups is 1. The van der Waals surface area contributed by atoms with Crippen LogP contribution in [0.1, 0.15) is 103 Å². The van der Waals surface area contributed by atoms with Gasteiger partial charge in [0.1, 0.15) is 24.0 Å². The Labute approximate surface area is 366 Å². The van der Waals surface area contributed by atoms with Gasteiger partial charge in [0.25, 0.3) is 12.3 Å². The van der Waals surface area contributed by atoms with Crippen molar-refractivity contribution in [3.63, 3.8) is 0 Å². The van der Waals surface area contributed by atoms with Gasteiger partial charge in [-0.2, -0.15) is 10.2 Å². The molecule has 4 aliphatic heterocycles. The van der Waals surface area contributed by atoms with Crippen molar-refractivity contribution in [3.05, 3.63) is 70.2 Å². The smallest absolute Gasteiger partial charge is 0.329 e. The number of carbonyl (C=O) groups excluding carboxylic acids is 3. The summed E-state index contributed by atoms with van der Waals surface area (Å²) in [7, 11) is 1.61. The molecule has 63 heavy (non-hydrogen) atoms. The number of alkyl halides is 2. The molecule has 3 amide bonds. The molecule has 0 radical (unpaired) electrons. The number of amides is 3. The van der Waals surface area contributed by atoms with Crippen LogP contribution in [0, 0.1) is 17.8 Å². The first-order valence-electron chi connectivity index (χ1n) is 23.3. The van der Waals surface area contributed by atoms with Gasteiger partial charge in [0.05, 0.1) is 59.4 Å². The first-order valence-corrected chi connectivity index (χ1v) is 21.3. The number of para-hydroxylation sites is 1. The number of carbonyl (C=O) groups is 3. The highest BCUT2D eigenvalue weighted by atomic mass is 19.3. The number of rotatable bonds is 10. The Kier molecular flexibility index (Phi) is 9.83. The van der Waals surface area contributed by atoms with E-state index in [0.717, 1.165) is 11.1 Å². The maximum Gasteiger partial charge on any atom is 0.329 e. The van der Waals surface area contributed by atoms with Crippen LogP contribution in [0.25, 0.3) is 16.7 Å². The van der Waals surface area contributed by atoms with Gasteiger partial charge < -0.3 is 24.6 Å². The SMILES string of the molecule is [2H]C1([2H])CC(n2cc(NC(=O)c3cnn4ccc(N5C[C@H]6C[C@@H]5CO6)nc34)c(C(F)F)n2)CC([2H])([2H])C1CN1CCC(OCC#Cc2cccc3c2n(C)c(=O)n3C2CCC(=O)NC2=O)CC1. The molecule has 5 fully saturated rings. The molecule has 1 saturated carbocycles. The molecule has 4 aromatic heterocycles. The third kappa shape index (κ3) is 8.00. The summed E-state index contributed by atoms with van der Waals surface area (Å²) in [5.41, 5.74) is 0.629. The average Bonchev–Trinajstić information content (AvgIpc) is 4.14. The second kappa shape index (κ2) is 17.0. The van der Waals surface area contributed by atoms with Crippen LogP contribution >= 0.6 is 0 Å². The zero-order valence-electron chi connectivity index (χ0n) is 38.5. The second-order valence-electron chi connectivity index (χ2n) is 16.8. The average molecular weight is 870 g/mol. The Morgan fingerprint density at radius 1 is 1.11 bits per heavy atom. The van der Waals surface area contributed by atoms with Crippen molar-refractivity contribution < 1.29 is 38.1 Å². The summed E-state index contributed by atoms with van der Waals surface area (Å²) >= 11 is 0. The second-order valence-corrected chi connectivity index (χ2v) is 16.8. The molecule has 2 bridgehead atoms. The number of ether oxygens (including phenoxy) is 2. The predicted octanol–water partition coefficient (Wildman–Crippen LogP) is 3.99. The molecule has 8 heterocycles. The van der Waals surface area contributed by atoms with E-state index in [0.29, 0.717) is 61.5 Å². The number of fused-ring (bicyclic) bond motifs is 4. The zero-order chi connectivity index (χ0) is 46.9. The van der Waals surface area contributed by atoms with Crippen molar-refractivity contribution in [3.8, 4) is 11.8 Å². The third-order valence-electron chi connectivity index (χ3n) is 12.8. The molecule has 0 spiro atoms. The van der Waals surface area contributed by atoms with E-state index >= 15 is 0 Å². The number of morpholine rings is 1. The lowest BCUT2D eigenvalue weighted by atomic mass is 9.85. The van der Waals surface area contributed by atoms with Gasteiger partial charge in [-0.15, -0.1) is 0 Å². The number of hydrogen-bond donors (Lipinski definition) is 2. The lowest BCUT2D eigenvalue weighted by molar-refractivity contribution is -0.135. The number of halogens is 2. The minimum atomic E-state index is -3.08. The van der Waals surface area contributed by atoms with Crippen molar-refractivity contribution in [2.45, 2.75) is 94.5 Å². The highest BCUT2D eigenvalue weighted by Gasteiger charge is 2.40. The number of aromatic nitrogens is 7. The number of piperidine rings is 2. The number of benzene rings is 1. The standard InChI is InChI=1S/C44H49F2N11O6/c1-52-39-27(4-2-6-34(39)57(44(52)61)35-11-12-37(58)50-43(35)60)5-3-19-62-30-13-16-53(17-14-30)22-26-7-9-28(10-8-26)56-24-33(38(51-56)40(45)46)48-42(59)32-21-47-55-18-15-36(49-41(32)55)54-23-31-20-29(54)25-63-31/h2,4,6,15,18,21,24,26,28-31,35,40H,7-14,16-17,19-20,22-23,25H2,1H3,(H,48,59)(H,50,58,60)/t26?,28?,29-,31-,35?/m1/s1/i7D2,8D2. The molecule has 2 N–H and O–H groups in total. The Balaban J connectivity index is 0.752. The number of anilines is 2. The minimum absolute atomic E-state index is 0.0642. The van der Waals surface area contributed by atoms with Crippen LogP contribution in [0.15, 0.2) is 47.7 Å². The monoisotopic (exact) mass is 869 g/mol. The van der Waals surface area contributed by atoms with Crippen molar-refractivity contribution >= 4 is 45.9 Å². The van der Waals surface area contributed by atoms with Crippen LogP contribution in [0.2, 0.25) is 0 Å². The third-order valence-corrected chi connectivity index (χ3v) is 12.8. The maximum absolute atomic E-state index is 14.4. The number of nitrogens with one attached hydrogen (secondary N) is 2. The molecule has 1 aromatic carbocycles. The number of aryl methyl sites for hydroxylation is 1. The zero-order valence-corrected chi connectivity index (χ0v) is 34.5. The summed E-state index contributed by atoms with van der Waals surface area (Å²) in [5, 5.41) is 13.2. The number of hydrogen-bond acceptors (Lipinski definition) is 11. The van der Waals surface area contributed by atoms with Crippen LogP contribution in [0.5, 0.6) is 0 Å². The quantitative estimate of drug-likeness (QED) is 0.154. The highest BCUT2D eigenvalue weighted by Crippen LogP contribution is 2.36. The molecule has 1 unspecified atom stereocenters. The molecule has 4 saturated heterocycles. The van der Waals surface area contributed by atoms with Crippen molar-refractivity contribution in [1.82, 2.24) is 43.7 Å². The van der Waals surface area contributed by atoms with Crippen LogP contribution in [-0.4, -0.2) is 114 Å². The summed E-state index contributed by atoms with van der Waals surface area (Å²) in [5.74, 6) is 4.16. The van der Waals surface area contributed by atoms with Gasteiger partial charge in [0.15, 0.2) is 11.3 Å². The van der Waals surface area contributed by atoms with Gasteiger partial charge >= 0.3 is 5.69 Å². The first-order chi connectivity index (χ1) is 32.0. The maximum atomic E-state index is 14.4. The molecule has 19 heteroatoms. The molecule has 1 aliphatic carbocycles. The molecule has 5 aromatic rings. The Morgan fingerprint density at radius 3 is 2.68 bits per heavy atom. The van der Waals surface area contributed by atoms with Gasteiger partial charge in [-0.05, 0) is 75.4 Å². The van der Waals surface area contributed by atoms with Gasteiger partial charge in [-0.3, -0.25) is 33.5 Å². The molecule has 10 rings (SSSR count). The van der Waals surface area contributed by atoms with E-state index in [1.807, 2.05) is 4.90 Å². The molecular weight excluding hydrogens is 817 g/mol. The van der Waals surface area contributed by atoms with E-state index in [-0.39, 0.29) is 85.6 Å². The van der Waals surface area contributed by atoms with Crippen LogP contribution < -0.4 is 21.2 Å². The van der Waals surface area contributed by atoms with E-state index < -0.39 is 54.7 Å². The molecule has 5 aliphatic rings. The highest BCUT2D eigenvalue weighted by molar-refractivity contribution is 6.08. The van der Waals surface area contributed by atoms with E-state index in [1.54, 1.807) is 37.5 Å². The van der Waals surface area contributed by atoms with Crippen molar-refractivity contribution in [2.75, 3.05) is 49.6 Å².